The Balaban J connectivity index is 2.45. The number of carboxylic acids is 1. The standard InChI is InChI=1S/C13H17NO3S2/c1-9(7-13(16)17)19-8-12(15)14-10-5-3-4-6-11(10)18-2/h3-6,9H,7-8H2,1-2H3,(H,14,15)(H,16,17). The first-order valence-electron chi connectivity index (χ1n) is 5.79. The maximum Gasteiger partial charge on any atom is 0.304 e. The molecule has 0 heterocycles. The average Bonchev–Trinajstić information content (AvgIpc) is 2.36. The van der Waals surface area contributed by atoms with Crippen molar-refractivity contribution in [2.45, 2.75) is 23.5 Å². The van der Waals surface area contributed by atoms with Crippen molar-refractivity contribution in [1.82, 2.24) is 0 Å². The van der Waals surface area contributed by atoms with Gasteiger partial charge in [-0.15, -0.1) is 23.5 Å². The van der Waals surface area contributed by atoms with Gasteiger partial charge in [0.05, 0.1) is 17.9 Å². The molecule has 4 nitrogen and oxygen atoms in total. The number of benzene rings is 1. The second-order valence-corrected chi connectivity index (χ2v) is 6.24. The fraction of sp³-hybridized carbons (Fsp3) is 0.385. The Morgan fingerprint density at radius 1 is 1.37 bits per heavy atom. The zero-order valence-electron chi connectivity index (χ0n) is 10.9. The number of hydrogen-bond donors (Lipinski definition) is 2. The molecule has 1 amide bonds. The van der Waals surface area contributed by atoms with E-state index in [9.17, 15) is 9.59 Å². The Bertz CT molecular complexity index is 451. The smallest absolute Gasteiger partial charge is 0.304 e. The summed E-state index contributed by atoms with van der Waals surface area (Å²) in [5, 5.41) is 11.4. The molecule has 104 valence electrons. The number of carbonyl (C=O) groups is 2. The summed E-state index contributed by atoms with van der Waals surface area (Å²) in [4.78, 5) is 23.3. The van der Waals surface area contributed by atoms with Crippen molar-refractivity contribution in [3.63, 3.8) is 0 Å². The molecule has 19 heavy (non-hydrogen) atoms. The minimum absolute atomic E-state index is 0.0688. The van der Waals surface area contributed by atoms with Crippen LogP contribution in [-0.4, -0.2) is 34.2 Å². The predicted molar refractivity (Wildman–Crippen MR) is 81.0 cm³/mol. The molecule has 0 aliphatic rings. The first-order valence-corrected chi connectivity index (χ1v) is 8.06. The third-order valence-corrected chi connectivity index (χ3v) is 4.30. The highest BCUT2D eigenvalue weighted by molar-refractivity contribution is 8.00. The first kappa shape index (κ1) is 15.9. The number of amides is 1. The van der Waals surface area contributed by atoms with Crippen molar-refractivity contribution >= 4 is 41.1 Å². The summed E-state index contributed by atoms with van der Waals surface area (Å²) in [6, 6.07) is 7.59. The molecule has 0 fully saturated rings. The van der Waals surface area contributed by atoms with Crippen molar-refractivity contribution in [3.8, 4) is 0 Å². The molecule has 1 unspecified atom stereocenters. The van der Waals surface area contributed by atoms with E-state index in [1.54, 1.807) is 11.8 Å². The first-order chi connectivity index (χ1) is 9.02. The normalized spacial score (nSPS) is 11.9. The number of carbonyl (C=O) groups excluding carboxylic acids is 1. The van der Waals surface area contributed by atoms with Crippen molar-refractivity contribution in [1.29, 1.82) is 0 Å². The molecular formula is C13H17NO3S2. The molecule has 0 aliphatic heterocycles. The van der Waals surface area contributed by atoms with Crippen LogP contribution in [0.4, 0.5) is 5.69 Å². The number of carboxylic acid groups (broad SMARTS) is 1. The van der Waals surface area contributed by atoms with Crippen LogP contribution in [0.5, 0.6) is 0 Å². The molecule has 0 radical (unpaired) electrons. The lowest BCUT2D eigenvalue weighted by molar-refractivity contribution is -0.136. The van der Waals surface area contributed by atoms with Crippen LogP contribution in [0.3, 0.4) is 0 Å². The van der Waals surface area contributed by atoms with E-state index in [1.165, 1.54) is 11.8 Å². The maximum atomic E-state index is 11.8. The lowest BCUT2D eigenvalue weighted by Gasteiger charge is -2.11. The maximum absolute atomic E-state index is 11.8. The van der Waals surface area contributed by atoms with E-state index in [4.69, 9.17) is 5.11 Å². The molecular weight excluding hydrogens is 282 g/mol. The molecule has 0 spiro atoms. The van der Waals surface area contributed by atoms with E-state index >= 15 is 0 Å². The fourth-order valence-electron chi connectivity index (χ4n) is 1.46. The van der Waals surface area contributed by atoms with Gasteiger partial charge in [-0.3, -0.25) is 9.59 Å². The highest BCUT2D eigenvalue weighted by atomic mass is 32.2. The van der Waals surface area contributed by atoms with Crippen LogP contribution < -0.4 is 5.32 Å². The van der Waals surface area contributed by atoms with Crippen LogP contribution in [-0.2, 0) is 9.59 Å². The molecule has 6 heteroatoms. The largest absolute Gasteiger partial charge is 0.481 e. The number of aliphatic carboxylic acids is 1. The predicted octanol–water partition coefficient (Wildman–Crippen LogP) is 2.94. The topological polar surface area (TPSA) is 66.4 Å². The number of anilines is 1. The van der Waals surface area contributed by atoms with Crippen molar-refractivity contribution in [2.75, 3.05) is 17.3 Å². The highest BCUT2D eigenvalue weighted by Gasteiger charge is 2.11. The SMILES string of the molecule is CSc1ccccc1NC(=O)CSC(C)CC(=O)O. The van der Waals surface area contributed by atoms with Gasteiger partial charge in [-0.25, -0.2) is 0 Å². The van der Waals surface area contributed by atoms with Gasteiger partial charge in [0.15, 0.2) is 0 Å². The summed E-state index contributed by atoms with van der Waals surface area (Å²) in [6.45, 7) is 1.81. The van der Waals surface area contributed by atoms with Crippen LogP contribution >= 0.6 is 23.5 Å². The Morgan fingerprint density at radius 2 is 2.05 bits per heavy atom. The molecule has 0 saturated carbocycles. The molecule has 1 aromatic rings. The molecule has 0 aromatic heterocycles. The minimum atomic E-state index is -0.840. The fourth-order valence-corrected chi connectivity index (χ4v) is 2.78. The second kappa shape index (κ2) is 8.12. The lowest BCUT2D eigenvalue weighted by Crippen LogP contribution is -2.17. The van der Waals surface area contributed by atoms with Gasteiger partial charge >= 0.3 is 5.97 Å². The average molecular weight is 299 g/mol. The van der Waals surface area contributed by atoms with Crippen molar-refractivity contribution in [3.05, 3.63) is 24.3 Å². The third-order valence-electron chi connectivity index (χ3n) is 2.34. The van der Waals surface area contributed by atoms with E-state index in [0.29, 0.717) is 0 Å². The number of thioether (sulfide) groups is 2. The van der Waals surface area contributed by atoms with Gasteiger partial charge in [-0.2, -0.15) is 0 Å². The summed E-state index contributed by atoms with van der Waals surface area (Å²) < 4.78 is 0. The summed E-state index contributed by atoms with van der Waals surface area (Å²) in [6.07, 6.45) is 2.02. The van der Waals surface area contributed by atoms with Crippen LogP contribution in [0, 0.1) is 0 Å². The molecule has 0 bridgehead atoms. The number of rotatable bonds is 7. The number of para-hydroxylation sites is 1. The third kappa shape index (κ3) is 6.02. The van der Waals surface area contributed by atoms with Crippen LogP contribution in [0.15, 0.2) is 29.2 Å². The van der Waals surface area contributed by atoms with Gasteiger partial charge in [0.25, 0.3) is 0 Å². The monoisotopic (exact) mass is 299 g/mol. The van der Waals surface area contributed by atoms with Crippen LogP contribution in [0.1, 0.15) is 13.3 Å². The zero-order valence-corrected chi connectivity index (χ0v) is 12.5. The molecule has 1 rings (SSSR count). The van der Waals surface area contributed by atoms with Gasteiger partial charge in [-0.05, 0) is 18.4 Å². The summed E-state index contributed by atoms with van der Waals surface area (Å²) in [7, 11) is 0. The van der Waals surface area contributed by atoms with E-state index in [2.05, 4.69) is 5.32 Å². The van der Waals surface area contributed by atoms with E-state index in [0.717, 1.165) is 10.6 Å². The minimum Gasteiger partial charge on any atom is -0.481 e. The number of nitrogens with one attached hydrogen (secondary N) is 1. The highest BCUT2D eigenvalue weighted by Crippen LogP contribution is 2.25. The van der Waals surface area contributed by atoms with Crippen molar-refractivity contribution < 1.29 is 14.7 Å². The molecule has 0 aliphatic carbocycles. The van der Waals surface area contributed by atoms with Gasteiger partial charge < -0.3 is 10.4 Å². The van der Waals surface area contributed by atoms with Gasteiger partial charge in [0, 0.05) is 10.1 Å². The summed E-state index contributed by atoms with van der Waals surface area (Å²) >= 11 is 2.92. The Morgan fingerprint density at radius 3 is 2.68 bits per heavy atom. The Kier molecular flexibility index (Phi) is 6.80. The molecule has 2 N–H and O–H groups in total. The van der Waals surface area contributed by atoms with E-state index in [-0.39, 0.29) is 23.3 Å². The van der Waals surface area contributed by atoms with Crippen molar-refractivity contribution in [2.24, 2.45) is 0 Å². The van der Waals surface area contributed by atoms with Crippen LogP contribution in [0.25, 0.3) is 0 Å². The number of hydrogen-bond acceptors (Lipinski definition) is 4. The van der Waals surface area contributed by atoms with E-state index in [1.807, 2.05) is 37.4 Å². The Hall–Kier alpha value is -1.14. The van der Waals surface area contributed by atoms with E-state index < -0.39 is 5.97 Å². The lowest BCUT2D eigenvalue weighted by atomic mass is 10.3. The molecule has 1 atom stereocenters. The molecule has 1 aromatic carbocycles. The van der Waals surface area contributed by atoms with Gasteiger partial charge in [0.1, 0.15) is 0 Å². The van der Waals surface area contributed by atoms with Gasteiger partial charge in [0.2, 0.25) is 5.91 Å². The van der Waals surface area contributed by atoms with Crippen LogP contribution in [0.2, 0.25) is 0 Å². The molecule has 0 saturated heterocycles. The van der Waals surface area contributed by atoms with Gasteiger partial charge in [-0.1, -0.05) is 19.1 Å². The zero-order chi connectivity index (χ0) is 14.3. The quantitative estimate of drug-likeness (QED) is 0.758. The second-order valence-electron chi connectivity index (χ2n) is 3.97. The summed E-state index contributed by atoms with van der Waals surface area (Å²) in [5.74, 6) is -0.686. The summed E-state index contributed by atoms with van der Waals surface area (Å²) in [5.41, 5.74) is 0.798. The Labute approximate surface area is 121 Å².